The molecule has 6 rings (SSSR count). The lowest BCUT2D eigenvalue weighted by Crippen LogP contribution is -2.49. The third-order valence-corrected chi connectivity index (χ3v) is 8.39. The molecule has 1 aliphatic heterocycles. The summed E-state index contributed by atoms with van der Waals surface area (Å²) >= 11 is 0. The van der Waals surface area contributed by atoms with Gasteiger partial charge in [0.1, 0.15) is 11.8 Å². The van der Waals surface area contributed by atoms with E-state index < -0.39 is 5.60 Å². The maximum atomic E-state index is 13.4. The first kappa shape index (κ1) is 28.3. The van der Waals surface area contributed by atoms with Gasteiger partial charge < -0.3 is 10.0 Å². The monoisotopic (exact) mass is 578 g/mol. The van der Waals surface area contributed by atoms with E-state index in [1.54, 1.807) is 21.5 Å². The summed E-state index contributed by atoms with van der Waals surface area (Å²) < 4.78 is 4.79. The van der Waals surface area contributed by atoms with Crippen molar-refractivity contribution in [1.29, 1.82) is 0 Å². The van der Waals surface area contributed by atoms with Gasteiger partial charge in [-0.2, -0.15) is 10.2 Å². The summed E-state index contributed by atoms with van der Waals surface area (Å²) in [6.45, 7) is 3.61. The van der Waals surface area contributed by atoms with Crippen molar-refractivity contribution in [1.82, 2.24) is 28.9 Å². The minimum absolute atomic E-state index is 0.0841. The molecule has 1 fully saturated rings. The summed E-state index contributed by atoms with van der Waals surface area (Å²) in [4.78, 5) is 39.1. The highest BCUT2D eigenvalue weighted by Crippen LogP contribution is 2.27. The zero-order valence-corrected chi connectivity index (χ0v) is 24.0. The van der Waals surface area contributed by atoms with Gasteiger partial charge in [0.15, 0.2) is 6.29 Å². The fourth-order valence-corrected chi connectivity index (χ4v) is 5.79. The van der Waals surface area contributed by atoms with Crippen LogP contribution in [0.5, 0.6) is 0 Å². The van der Waals surface area contributed by atoms with Crippen LogP contribution in [0, 0.1) is 0 Å². The Morgan fingerprint density at radius 1 is 1.02 bits per heavy atom. The fraction of sp³-hybridized carbons (Fsp3) is 0.303. The molecular weight excluding hydrogens is 544 g/mol. The smallest absolute Gasteiger partial charge is 0.277 e. The van der Waals surface area contributed by atoms with Crippen molar-refractivity contribution in [3.05, 3.63) is 112 Å². The van der Waals surface area contributed by atoms with Gasteiger partial charge in [0.05, 0.1) is 36.1 Å². The summed E-state index contributed by atoms with van der Waals surface area (Å²) in [5.41, 5.74) is 3.47. The highest BCUT2D eigenvalue weighted by Gasteiger charge is 2.35. The summed E-state index contributed by atoms with van der Waals surface area (Å²) in [5.74, 6) is 0.205. The zero-order chi connectivity index (χ0) is 30.0. The fourth-order valence-electron chi connectivity index (χ4n) is 5.79. The molecule has 1 aliphatic rings. The van der Waals surface area contributed by atoms with Gasteiger partial charge >= 0.3 is 0 Å². The molecule has 1 saturated heterocycles. The maximum absolute atomic E-state index is 13.4. The number of nitrogens with zero attached hydrogens (tertiary/aromatic N) is 6. The van der Waals surface area contributed by atoms with Crippen LogP contribution in [0.25, 0.3) is 16.8 Å². The first-order valence-electron chi connectivity index (χ1n) is 14.5. The lowest BCUT2D eigenvalue weighted by Gasteiger charge is -2.38. The molecule has 1 amide bonds. The molecule has 0 bridgehead atoms. The average Bonchev–Trinajstić information content (AvgIpc) is 3.67. The number of rotatable bonds is 9. The van der Waals surface area contributed by atoms with Crippen molar-refractivity contribution in [2.45, 2.75) is 50.8 Å². The number of aromatic nitrogens is 5. The molecule has 10 nitrogen and oxygen atoms in total. The predicted molar refractivity (Wildman–Crippen MR) is 162 cm³/mol. The highest BCUT2D eigenvalue weighted by atomic mass is 16.3. The van der Waals surface area contributed by atoms with E-state index in [1.165, 1.54) is 17.1 Å². The van der Waals surface area contributed by atoms with Crippen LogP contribution in [0.2, 0.25) is 0 Å². The Morgan fingerprint density at radius 2 is 1.77 bits per heavy atom. The lowest BCUT2D eigenvalue weighted by molar-refractivity contribution is -0.136. The van der Waals surface area contributed by atoms with E-state index in [9.17, 15) is 19.5 Å². The molecule has 1 N–H and O–H groups in total. The highest BCUT2D eigenvalue weighted by molar-refractivity contribution is 5.77. The number of fused-ring (bicyclic) bond motifs is 1. The predicted octanol–water partition coefficient (Wildman–Crippen LogP) is 3.77. The van der Waals surface area contributed by atoms with Crippen molar-refractivity contribution >= 4 is 17.7 Å². The molecule has 0 saturated carbocycles. The van der Waals surface area contributed by atoms with Gasteiger partial charge in [0.2, 0.25) is 5.91 Å². The van der Waals surface area contributed by atoms with Crippen LogP contribution in [0.4, 0.5) is 0 Å². The minimum atomic E-state index is -1.10. The molecule has 220 valence electrons. The molecular formula is C33H34N6O4. The Balaban J connectivity index is 1.10. The molecule has 5 aromatic rings. The molecule has 0 aliphatic carbocycles. The Hall–Kier alpha value is -4.83. The first-order valence-corrected chi connectivity index (χ1v) is 14.5. The van der Waals surface area contributed by atoms with Gasteiger partial charge in [-0.05, 0) is 42.0 Å². The number of carbonyl (C=O) groups excluding carboxylic acids is 2. The number of carbonyl (C=O) groups is 2. The van der Waals surface area contributed by atoms with Gasteiger partial charge in [-0.1, -0.05) is 61.5 Å². The average molecular weight is 579 g/mol. The number of benzene rings is 2. The molecule has 4 heterocycles. The first-order chi connectivity index (χ1) is 20.8. The molecule has 0 radical (unpaired) electrons. The molecule has 43 heavy (non-hydrogen) atoms. The molecule has 10 heteroatoms. The Bertz CT molecular complexity index is 1800. The quantitative estimate of drug-likeness (QED) is 0.267. The van der Waals surface area contributed by atoms with E-state index in [0.29, 0.717) is 50.0 Å². The third kappa shape index (κ3) is 6.05. The SMILES string of the molecule is C[C@H](CC(=O)N1CCC(O)(Cn2cnn3c(-c4ccc(Cn5cc(C=O)cn5)cc4)ccc3c2=O)CC1)c1ccccc1. The number of likely N-dealkylation sites (tertiary alicyclic amines) is 1. The maximum Gasteiger partial charge on any atom is 0.277 e. The van der Waals surface area contributed by atoms with Crippen LogP contribution in [0.1, 0.15) is 53.6 Å². The van der Waals surface area contributed by atoms with Crippen LogP contribution in [-0.2, 0) is 17.9 Å². The number of hydrogen-bond acceptors (Lipinski definition) is 6. The number of piperidine rings is 1. The largest absolute Gasteiger partial charge is 0.388 e. The van der Waals surface area contributed by atoms with Gasteiger partial charge in [-0.25, -0.2) is 4.52 Å². The molecule has 0 unspecified atom stereocenters. The van der Waals surface area contributed by atoms with Crippen molar-refractivity contribution in [3.8, 4) is 11.3 Å². The lowest BCUT2D eigenvalue weighted by atomic mass is 9.90. The normalized spacial score (nSPS) is 15.4. The number of aliphatic hydroxyl groups is 1. The van der Waals surface area contributed by atoms with E-state index in [2.05, 4.69) is 17.1 Å². The van der Waals surface area contributed by atoms with E-state index in [0.717, 1.165) is 28.7 Å². The molecule has 3 aromatic heterocycles. The summed E-state index contributed by atoms with van der Waals surface area (Å²) in [7, 11) is 0. The van der Waals surface area contributed by atoms with E-state index >= 15 is 0 Å². The summed E-state index contributed by atoms with van der Waals surface area (Å²) in [6, 6.07) is 21.5. The number of amides is 1. The number of hydrogen-bond donors (Lipinski definition) is 1. The Kier molecular flexibility index (Phi) is 7.77. The second kappa shape index (κ2) is 11.8. The summed E-state index contributed by atoms with van der Waals surface area (Å²) in [5, 5.41) is 20.1. The van der Waals surface area contributed by atoms with Gasteiger partial charge in [0.25, 0.3) is 5.56 Å². The molecule has 1 atom stereocenters. The number of aldehydes is 1. The second-order valence-electron chi connectivity index (χ2n) is 11.5. The summed E-state index contributed by atoms with van der Waals surface area (Å²) in [6.07, 6.45) is 6.69. The standard InChI is InChI=1S/C33H34N6O4/c1-24(27-5-3-2-4-6-27)17-31(41)36-15-13-33(43,14-16-36)22-37-23-35-39-29(11-12-30(39)32(37)42)28-9-7-25(8-10-28)19-38-20-26(21-40)18-34-38/h2-12,18,20-21,23-24,43H,13-17,19,22H2,1H3/t24-/m1/s1. The van der Waals surface area contributed by atoms with Gasteiger partial charge in [-0.15, -0.1) is 0 Å². The Labute approximate surface area is 248 Å². The van der Waals surface area contributed by atoms with Crippen LogP contribution in [-0.4, -0.2) is 64.9 Å². The van der Waals surface area contributed by atoms with Crippen molar-refractivity contribution in [2.24, 2.45) is 0 Å². The zero-order valence-electron chi connectivity index (χ0n) is 24.0. The van der Waals surface area contributed by atoms with Gasteiger partial charge in [0, 0.05) is 31.3 Å². The van der Waals surface area contributed by atoms with E-state index in [-0.39, 0.29) is 23.9 Å². The van der Waals surface area contributed by atoms with Crippen LogP contribution < -0.4 is 5.56 Å². The topological polar surface area (TPSA) is 115 Å². The second-order valence-corrected chi connectivity index (χ2v) is 11.5. The van der Waals surface area contributed by atoms with Crippen molar-refractivity contribution in [2.75, 3.05) is 13.1 Å². The Morgan fingerprint density at radius 3 is 2.47 bits per heavy atom. The molecule has 0 spiro atoms. The minimum Gasteiger partial charge on any atom is -0.388 e. The van der Waals surface area contributed by atoms with Crippen LogP contribution in [0.15, 0.2) is 90.2 Å². The van der Waals surface area contributed by atoms with E-state index in [1.807, 2.05) is 65.6 Å². The van der Waals surface area contributed by atoms with E-state index in [4.69, 9.17) is 0 Å². The van der Waals surface area contributed by atoms with Crippen molar-refractivity contribution < 1.29 is 14.7 Å². The third-order valence-electron chi connectivity index (χ3n) is 8.39. The van der Waals surface area contributed by atoms with Crippen molar-refractivity contribution in [3.63, 3.8) is 0 Å². The van der Waals surface area contributed by atoms with Gasteiger partial charge in [-0.3, -0.25) is 23.6 Å². The molecule has 2 aromatic carbocycles. The van der Waals surface area contributed by atoms with Crippen LogP contribution >= 0.6 is 0 Å². The van der Waals surface area contributed by atoms with Crippen LogP contribution in [0.3, 0.4) is 0 Å².